The standard InChI is InChI=1S/C22H26N4O3S2/c1-13-6-7-18(14(2)12-13)31(28,29)26-10-8-25(9-11-26)22(27)20-15(3)19-16(4)23-17(5)24-21(19)30-20/h6-7,12H,8-11H2,1-5H3. The second kappa shape index (κ2) is 7.96. The Hall–Kier alpha value is -2.36. The van der Waals surface area contributed by atoms with E-state index in [1.807, 2.05) is 46.8 Å². The van der Waals surface area contributed by atoms with Crippen LogP contribution in [0.25, 0.3) is 10.2 Å². The van der Waals surface area contributed by atoms with Crippen molar-refractivity contribution < 1.29 is 13.2 Å². The molecule has 9 heteroatoms. The molecule has 0 aliphatic carbocycles. The van der Waals surface area contributed by atoms with E-state index in [0.29, 0.717) is 28.7 Å². The van der Waals surface area contributed by atoms with Gasteiger partial charge in [0.2, 0.25) is 10.0 Å². The number of hydrogen-bond donors (Lipinski definition) is 0. The van der Waals surface area contributed by atoms with Crippen LogP contribution in [0.2, 0.25) is 0 Å². The summed E-state index contributed by atoms with van der Waals surface area (Å²) in [6.07, 6.45) is 0. The Morgan fingerprint density at radius 1 is 1.00 bits per heavy atom. The molecule has 1 saturated heterocycles. The van der Waals surface area contributed by atoms with Gasteiger partial charge in [-0.15, -0.1) is 11.3 Å². The normalized spacial score (nSPS) is 15.6. The van der Waals surface area contributed by atoms with Crippen LogP contribution in [-0.2, 0) is 10.0 Å². The zero-order valence-electron chi connectivity index (χ0n) is 18.4. The lowest BCUT2D eigenvalue weighted by Gasteiger charge is -2.34. The number of aromatic nitrogens is 2. The maximum Gasteiger partial charge on any atom is 0.264 e. The van der Waals surface area contributed by atoms with E-state index in [2.05, 4.69) is 9.97 Å². The molecule has 0 bridgehead atoms. The van der Waals surface area contributed by atoms with E-state index < -0.39 is 10.0 Å². The van der Waals surface area contributed by atoms with Gasteiger partial charge in [-0.3, -0.25) is 4.79 Å². The highest BCUT2D eigenvalue weighted by atomic mass is 32.2. The molecule has 4 rings (SSSR count). The Labute approximate surface area is 186 Å². The van der Waals surface area contributed by atoms with Crippen molar-refractivity contribution in [3.8, 4) is 0 Å². The first-order chi connectivity index (χ1) is 14.6. The summed E-state index contributed by atoms with van der Waals surface area (Å²) in [5, 5.41) is 0.940. The van der Waals surface area contributed by atoms with Crippen molar-refractivity contribution in [1.82, 2.24) is 19.2 Å². The lowest BCUT2D eigenvalue weighted by atomic mass is 10.1. The smallest absolute Gasteiger partial charge is 0.264 e. The number of thiophene rings is 1. The van der Waals surface area contributed by atoms with E-state index >= 15 is 0 Å². The second-order valence-corrected chi connectivity index (χ2v) is 11.0. The minimum Gasteiger partial charge on any atom is -0.335 e. The molecular formula is C22H26N4O3S2. The number of carbonyl (C=O) groups is 1. The molecule has 0 spiro atoms. The molecule has 31 heavy (non-hydrogen) atoms. The molecule has 164 valence electrons. The molecule has 0 radical (unpaired) electrons. The molecule has 1 aromatic carbocycles. The van der Waals surface area contributed by atoms with E-state index in [1.54, 1.807) is 11.0 Å². The second-order valence-electron chi connectivity index (χ2n) is 8.06. The lowest BCUT2D eigenvalue weighted by Crippen LogP contribution is -2.50. The zero-order valence-corrected chi connectivity index (χ0v) is 20.0. The summed E-state index contributed by atoms with van der Waals surface area (Å²) in [5.41, 5.74) is 3.54. The fraction of sp³-hybridized carbons (Fsp3) is 0.409. The summed E-state index contributed by atoms with van der Waals surface area (Å²) >= 11 is 1.39. The Morgan fingerprint density at radius 2 is 1.68 bits per heavy atom. The van der Waals surface area contributed by atoms with Gasteiger partial charge in [-0.1, -0.05) is 17.7 Å². The highest BCUT2D eigenvalue weighted by Crippen LogP contribution is 2.32. The van der Waals surface area contributed by atoms with Crippen LogP contribution in [0.3, 0.4) is 0 Å². The number of rotatable bonds is 3. The van der Waals surface area contributed by atoms with Gasteiger partial charge < -0.3 is 4.90 Å². The average molecular weight is 459 g/mol. The van der Waals surface area contributed by atoms with E-state index in [1.165, 1.54) is 15.6 Å². The molecule has 1 fully saturated rings. The first-order valence-electron chi connectivity index (χ1n) is 10.2. The van der Waals surface area contributed by atoms with Crippen molar-refractivity contribution in [3.63, 3.8) is 0 Å². The van der Waals surface area contributed by atoms with Crippen LogP contribution in [0.4, 0.5) is 0 Å². The van der Waals surface area contributed by atoms with E-state index in [4.69, 9.17) is 0 Å². The Balaban J connectivity index is 1.54. The summed E-state index contributed by atoms with van der Waals surface area (Å²) in [7, 11) is -3.58. The third-order valence-electron chi connectivity index (χ3n) is 5.75. The van der Waals surface area contributed by atoms with Gasteiger partial charge in [-0.25, -0.2) is 18.4 Å². The zero-order chi connectivity index (χ0) is 22.5. The minimum absolute atomic E-state index is 0.0684. The Kier molecular flexibility index (Phi) is 5.61. The minimum atomic E-state index is -3.58. The molecule has 0 saturated carbocycles. The predicted octanol–water partition coefficient (Wildman–Crippen LogP) is 3.38. The predicted molar refractivity (Wildman–Crippen MR) is 122 cm³/mol. The highest BCUT2D eigenvalue weighted by molar-refractivity contribution is 7.89. The topological polar surface area (TPSA) is 83.5 Å². The van der Waals surface area contributed by atoms with Gasteiger partial charge in [-0.2, -0.15) is 4.31 Å². The number of nitrogens with zero attached hydrogens (tertiary/aromatic N) is 4. The van der Waals surface area contributed by atoms with Gasteiger partial charge in [-0.05, 0) is 51.8 Å². The van der Waals surface area contributed by atoms with E-state index in [9.17, 15) is 13.2 Å². The van der Waals surface area contributed by atoms with Crippen molar-refractivity contribution >= 4 is 37.5 Å². The molecule has 0 unspecified atom stereocenters. The number of hydrogen-bond acceptors (Lipinski definition) is 6. The van der Waals surface area contributed by atoms with Gasteiger partial charge in [0.05, 0.1) is 9.77 Å². The van der Waals surface area contributed by atoms with Crippen LogP contribution in [0, 0.1) is 34.6 Å². The first-order valence-corrected chi connectivity index (χ1v) is 12.5. The number of benzene rings is 1. The molecule has 1 amide bonds. The molecule has 3 aromatic rings. The number of piperazine rings is 1. The van der Waals surface area contributed by atoms with E-state index in [-0.39, 0.29) is 19.0 Å². The quantitative estimate of drug-likeness (QED) is 0.601. The molecular weight excluding hydrogens is 432 g/mol. The average Bonchev–Trinajstić information content (AvgIpc) is 3.03. The van der Waals surface area contributed by atoms with E-state index in [0.717, 1.165) is 32.6 Å². The van der Waals surface area contributed by atoms with Crippen molar-refractivity contribution in [1.29, 1.82) is 0 Å². The molecule has 0 atom stereocenters. The largest absolute Gasteiger partial charge is 0.335 e. The van der Waals surface area contributed by atoms with Crippen LogP contribution in [-0.4, -0.2) is 59.7 Å². The maximum absolute atomic E-state index is 13.2. The van der Waals surface area contributed by atoms with Crippen molar-refractivity contribution in [3.05, 3.63) is 51.3 Å². The highest BCUT2D eigenvalue weighted by Gasteiger charge is 2.32. The van der Waals surface area contributed by atoms with Crippen LogP contribution >= 0.6 is 11.3 Å². The summed E-state index contributed by atoms with van der Waals surface area (Å²) in [6.45, 7) is 10.8. The molecule has 3 heterocycles. The SMILES string of the molecule is Cc1ccc(S(=O)(=O)N2CCN(C(=O)c3sc4nc(C)nc(C)c4c3C)CC2)c(C)c1. The number of aryl methyl sites for hydroxylation is 5. The van der Waals surface area contributed by atoms with Gasteiger partial charge in [0.1, 0.15) is 10.7 Å². The maximum atomic E-state index is 13.2. The molecule has 1 aliphatic rings. The Bertz CT molecular complexity index is 1290. The monoisotopic (exact) mass is 458 g/mol. The molecule has 7 nitrogen and oxygen atoms in total. The number of fused-ring (bicyclic) bond motifs is 1. The van der Waals surface area contributed by atoms with Gasteiger partial charge in [0, 0.05) is 37.3 Å². The number of amides is 1. The van der Waals surface area contributed by atoms with Crippen LogP contribution in [0.1, 0.15) is 37.9 Å². The molecule has 1 aliphatic heterocycles. The van der Waals surface area contributed by atoms with Gasteiger partial charge in [0.15, 0.2) is 0 Å². The third-order valence-corrected chi connectivity index (χ3v) is 8.98. The Morgan fingerprint density at radius 3 is 2.32 bits per heavy atom. The van der Waals surface area contributed by atoms with Crippen molar-refractivity contribution in [2.75, 3.05) is 26.2 Å². The van der Waals surface area contributed by atoms with Crippen molar-refractivity contribution in [2.24, 2.45) is 0 Å². The third kappa shape index (κ3) is 3.86. The summed E-state index contributed by atoms with van der Waals surface area (Å²) in [6, 6.07) is 5.36. The summed E-state index contributed by atoms with van der Waals surface area (Å²) in [4.78, 5) is 25.7. The summed E-state index contributed by atoms with van der Waals surface area (Å²) in [5.74, 6) is 0.622. The number of carbonyl (C=O) groups excluding carboxylic acids is 1. The lowest BCUT2D eigenvalue weighted by molar-refractivity contribution is 0.0702. The van der Waals surface area contributed by atoms with Crippen LogP contribution in [0.5, 0.6) is 0 Å². The first kappa shape index (κ1) is 21.9. The molecule has 2 aromatic heterocycles. The van der Waals surface area contributed by atoms with Crippen LogP contribution in [0.15, 0.2) is 23.1 Å². The fourth-order valence-electron chi connectivity index (χ4n) is 4.18. The fourth-order valence-corrected chi connectivity index (χ4v) is 7.05. The van der Waals surface area contributed by atoms with Gasteiger partial charge in [0.25, 0.3) is 5.91 Å². The van der Waals surface area contributed by atoms with Crippen LogP contribution < -0.4 is 0 Å². The summed E-state index contributed by atoms with van der Waals surface area (Å²) < 4.78 is 27.7. The van der Waals surface area contributed by atoms with Crippen molar-refractivity contribution in [2.45, 2.75) is 39.5 Å². The number of sulfonamides is 1. The van der Waals surface area contributed by atoms with Gasteiger partial charge >= 0.3 is 0 Å². The molecule has 0 N–H and O–H groups in total.